The van der Waals surface area contributed by atoms with Gasteiger partial charge in [-0.2, -0.15) is 8.78 Å². The molecule has 0 bridgehead atoms. The summed E-state index contributed by atoms with van der Waals surface area (Å²) < 4.78 is 34.9. The van der Waals surface area contributed by atoms with E-state index < -0.39 is 12.7 Å². The van der Waals surface area contributed by atoms with Crippen LogP contribution in [-0.2, 0) is 6.54 Å². The smallest absolute Gasteiger partial charge is 0.387 e. The average Bonchev–Trinajstić information content (AvgIpc) is 2.71. The minimum absolute atomic E-state index is 0. The van der Waals surface area contributed by atoms with Crippen LogP contribution >= 0.6 is 35.6 Å². The largest absolute Gasteiger partial charge is 0.497 e. The lowest BCUT2D eigenvalue weighted by molar-refractivity contribution is -0.0504. The molecular formula is C20H25ClF2IN3O3. The highest BCUT2D eigenvalue weighted by Gasteiger charge is 2.12. The van der Waals surface area contributed by atoms with Crippen LogP contribution in [0, 0.1) is 0 Å². The molecule has 2 aromatic carbocycles. The third-order valence-electron chi connectivity index (χ3n) is 3.93. The standard InChI is InChI=1S/C20H24ClF2N3O3.HI/c1-3-24-20(26-12-17(27)13-5-4-6-16(10-13)28-2)25-11-14-9-15(21)7-8-18(14)29-19(22)23;/h4-10,17,19,27H,3,11-12H2,1-2H3,(H2,24,25,26);1H. The number of nitrogens with zero attached hydrogens (tertiary/aromatic N) is 1. The summed E-state index contributed by atoms with van der Waals surface area (Å²) in [4.78, 5) is 4.37. The van der Waals surface area contributed by atoms with E-state index in [1.165, 1.54) is 18.2 Å². The van der Waals surface area contributed by atoms with Crippen molar-refractivity contribution < 1.29 is 23.4 Å². The second-order valence-electron chi connectivity index (χ2n) is 6.00. The maximum Gasteiger partial charge on any atom is 0.387 e. The highest BCUT2D eigenvalue weighted by atomic mass is 127. The molecule has 2 aromatic rings. The number of aliphatic imine (C=N–C) groups is 1. The number of hydrogen-bond donors (Lipinski definition) is 3. The first-order valence-corrected chi connectivity index (χ1v) is 9.38. The van der Waals surface area contributed by atoms with E-state index in [0.29, 0.717) is 34.4 Å². The van der Waals surface area contributed by atoms with E-state index in [2.05, 4.69) is 20.4 Å². The van der Waals surface area contributed by atoms with Crippen LogP contribution in [0.15, 0.2) is 47.5 Å². The van der Waals surface area contributed by atoms with Crippen molar-refractivity contribution in [3.8, 4) is 11.5 Å². The van der Waals surface area contributed by atoms with Crippen molar-refractivity contribution in [1.82, 2.24) is 10.6 Å². The van der Waals surface area contributed by atoms with Crippen molar-refractivity contribution in [3.63, 3.8) is 0 Å². The molecule has 0 saturated heterocycles. The van der Waals surface area contributed by atoms with Crippen LogP contribution in [-0.4, -0.2) is 37.9 Å². The first-order valence-electron chi connectivity index (χ1n) is 9.00. The van der Waals surface area contributed by atoms with Crippen molar-refractivity contribution in [3.05, 3.63) is 58.6 Å². The van der Waals surface area contributed by atoms with Gasteiger partial charge in [0.1, 0.15) is 11.5 Å². The van der Waals surface area contributed by atoms with E-state index in [1.54, 1.807) is 31.4 Å². The molecule has 0 amide bonds. The van der Waals surface area contributed by atoms with Crippen molar-refractivity contribution in [2.45, 2.75) is 26.2 Å². The number of alkyl halides is 2. The minimum Gasteiger partial charge on any atom is -0.497 e. The lowest BCUT2D eigenvalue weighted by atomic mass is 10.1. The molecule has 0 aliphatic heterocycles. The van der Waals surface area contributed by atoms with Gasteiger partial charge in [0.05, 0.1) is 19.8 Å². The topological polar surface area (TPSA) is 75.1 Å². The van der Waals surface area contributed by atoms with E-state index in [1.807, 2.05) is 6.92 Å². The van der Waals surface area contributed by atoms with E-state index in [-0.39, 0.29) is 42.8 Å². The fourth-order valence-electron chi connectivity index (χ4n) is 2.55. The Morgan fingerprint density at radius 1 is 1.20 bits per heavy atom. The van der Waals surface area contributed by atoms with Gasteiger partial charge in [-0.1, -0.05) is 23.7 Å². The number of methoxy groups -OCH3 is 1. The molecule has 0 radical (unpaired) electrons. The normalized spacial score (nSPS) is 12.2. The lowest BCUT2D eigenvalue weighted by Crippen LogP contribution is -2.39. The molecule has 0 saturated carbocycles. The van der Waals surface area contributed by atoms with Crippen LogP contribution in [0.3, 0.4) is 0 Å². The van der Waals surface area contributed by atoms with Gasteiger partial charge in [0.15, 0.2) is 5.96 Å². The number of hydrogen-bond acceptors (Lipinski definition) is 4. The Morgan fingerprint density at radius 3 is 2.63 bits per heavy atom. The van der Waals surface area contributed by atoms with Crippen molar-refractivity contribution in [1.29, 1.82) is 0 Å². The zero-order valence-corrected chi connectivity index (χ0v) is 19.7. The third-order valence-corrected chi connectivity index (χ3v) is 4.17. The van der Waals surface area contributed by atoms with Gasteiger partial charge in [-0.25, -0.2) is 4.99 Å². The molecule has 1 unspecified atom stereocenters. The van der Waals surface area contributed by atoms with Crippen molar-refractivity contribution >= 4 is 41.5 Å². The van der Waals surface area contributed by atoms with Crippen LogP contribution in [0.5, 0.6) is 11.5 Å². The van der Waals surface area contributed by atoms with Gasteiger partial charge in [0, 0.05) is 23.7 Å². The van der Waals surface area contributed by atoms with E-state index in [9.17, 15) is 13.9 Å². The van der Waals surface area contributed by atoms with Gasteiger partial charge in [-0.05, 0) is 42.8 Å². The fraction of sp³-hybridized carbons (Fsp3) is 0.350. The van der Waals surface area contributed by atoms with Crippen LogP contribution in [0.1, 0.15) is 24.2 Å². The molecule has 0 fully saturated rings. The molecule has 0 heterocycles. The monoisotopic (exact) mass is 555 g/mol. The summed E-state index contributed by atoms with van der Waals surface area (Å²) in [5.41, 5.74) is 1.11. The lowest BCUT2D eigenvalue weighted by Gasteiger charge is -2.16. The van der Waals surface area contributed by atoms with Crippen molar-refractivity contribution in [2.75, 3.05) is 20.2 Å². The summed E-state index contributed by atoms with van der Waals surface area (Å²) in [6, 6.07) is 11.5. The van der Waals surface area contributed by atoms with Gasteiger partial charge in [0.25, 0.3) is 0 Å². The number of nitrogens with one attached hydrogen (secondary N) is 2. The SMILES string of the molecule is CCNC(=NCc1cc(Cl)ccc1OC(F)F)NCC(O)c1cccc(OC)c1.I. The zero-order chi connectivity index (χ0) is 21.2. The number of benzene rings is 2. The highest BCUT2D eigenvalue weighted by molar-refractivity contribution is 14.0. The fourth-order valence-corrected chi connectivity index (χ4v) is 2.74. The molecule has 0 spiro atoms. The molecule has 0 aromatic heterocycles. The summed E-state index contributed by atoms with van der Waals surface area (Å²) in [5.74, 6) is 1.08. The van der Waals surface area contributed by atoms with E-state index in [4.69, 9.17) is 16.3 Å². The number of aliphatic hydroxyl groups is 1. The second kappa shape index (κ2) is 13.5. The first kappa shape index (κ1) is 26.2. The first-order chi connectivity index (χ1) is 13.9. The molecule has 3 N–H and O–H groups in total. The molecule has 0 aliphatic carbocycles. The van der Waals surface area contributed by atoms with E-state index in [0.717, 1.165) is 0 Å². The van der Waals surface area contributed by atoms with Crippen LogP contribution < -0.4 is 20.1 Å². The highest BCUT2D eigenvalue weighted by Crippen LogP contribution is 2.25. The summed E-state index contributed by atoms with van der Waals surface area (Å²) in [6.45, 7) is -0.220. The van der Waals surface area contributed by atoms with Gasteiger partial charge < -0.3 is 25.2 Å². The number of guanidine groups is 1. The zero-order valence-electron chi connectivity index (χ0n) is 16.6. The maximum atomic E-state index is 12.6. The van der Waals surface area contributed by atoms with Gasteiger partial charge in [-0.15, -0.1) is 24.0 Å². The Balaban J connectivity index is 0.00000450. The predicted molar refractivity (Wildman–Crippen MR) is 124 cm³/mol. The van der Waals surface area contributed by atoms with Crippen molar-refractivity contribution in [2.24, 2.45) is 4.99 Å². The summed E-state index contributed by atoms with van der Waals surface area (Å²) in [5, 5.41) is 16.9. The van der Waals surface area contributed by atoms with Gasteiger partial charge in [0.2, 0.25) is 0 Å². The van der Waals surface area contributed by atoms with Gasteiger partial charge in [-0.3, -0.25) is 0 Å². The van der Waals surface area contributed by atoms with Gasteiger partial charge >= 0.3 is 6.61 Å². The van der Waals surface area contributed by atoms with Crippen LogP contribution in [0.4, 0.5) is 8.78 Å². The minimum atomic E-state index is -2.94. The summed E-state index contributed by atoms with van der Waals surface area (Å²) in [6.07, 6.45) is -0.794. The average molecular weight is 556 g/mol. The van der Waals surface area contributed by atoms with E-state index >= 15 is 0 Å². The second-order valence-corrected chi connectivity index (χ2v) is 6.44. The Morgan fingerprint density at radius 2 is 1.97 bits per heavy atom. The molecule has 0 aliphatic rings. The quantitative estimate of drug-likeness (QED) is 0.244. The molecule has 2 rings (SSSR count). The molecule has 30 heavy (non-hydrogen) atoms. The maximum absolute atomic E-state index is 12.6. The Labute approximate surface area is 196 Å². The number of rotatable bonds is 9. The van der Waals surface area contributed by atoms with Crippen LogP contribution in [0.2, 0.25) is 5.02 Å². The molecule has 10 heteroatoms. The summed E-state index contributed by atoms with van der Waals surface area (Å²) in [7, 11) is 1.56. The Hall–Kier alpha value is -1.85. The molecule has 1 atom stereocenters. The van der Waals surface area contributed by atoms with Crippen LogP contribution in [0.25, 0.3) is 0 Å². The number of halogens is 4. The molecule has 6 nitrogen and oxygen atoms in total. The molecule has 166 valence electrons. The molecular weight excluding hydrogens is 531 g/mol. The number of ether oxygens (including phenoxy) is 2. The Kier molecular flexibility index (Phi) is 11.7. The third kappa shape index (κ3) is 8.49. The predicted octanol–water partition coefficient (Wildman–Crippen LogP) is 4.36. The summed E-state index contributed by atoms with van der Waals surface area (Å²) >= 11 is 5.96. The number of aliphatic hydroxyl groups excluding tert-OH is 1. The Bertz CT molecular complexity index is 828.